The summed E-state index contributed by atoms with van der Waals surface area (Å²) in [5, 5.41) is 10.7. The highest BCUT2D eigenvalue weighted by atomic mass is 35.5. The molecule has 0 saturated heterocycles. The van der Waals surface area contributed by atoms with Crippen molar-refractivity contribution in [2.24, 2.45) is 0 Å². The Bertz CT molecular complexity index is 688. The Morgan fingerprint density at radius 3 is 3.13 bits per heavy atom. The van der Waals surface area contributed by atoms with Gasteiger partial charge in [0.1, 0.15) is 0 Å². The van der Waals surface area contributed by atoms with Gasteiger partial charge in [-0.05, 0) is 24.1 Å². The summed E-state index contributed by atoms with van der Waals surface area (Å²) in [7, 11) is 1.64. The number of rotatable bonds is 6. The van der Waals surface area contributed by atoms with Crippen LogP contribution in [0.5, 0.6) is 0 Å². The maximum absolute atomic E-state index is 12.0. The van der Waals surface area contributed by atoms with Gasteiger partial charge in [0.15, 0.2) is 5.82 Å². The minimum absolute atomic E-state index is 0.143. The quantitative estimate of drug-likeness (QED) is 0.853. The third-order valence-electron chi connectivity index (χ3n) is 3.79. The summed E-state index contributed by atoms with van der Waals surface area (Å²) in [4.78, 5) is 12.0. The summed E-state index contributed by atoms with van der Waals surface area (Å²) in [6.45, 7) is 1.23. The molecule has 1 aromatic heterocycles. The van der Waals surface area contributed by atoms with Crippen LogP contribution in [0, 0.1) is 0 Å². The number of nitrogens with zero attached hydrogens (tertiary/aromatic N) is 2. The van der Waals surface area contributed by atoms with Gasteiger partial charge in [-0.25, -0.2) is 4.79 Å². The predicted octanol–water partition coefficient (Wildman–Crippen LogP) is 2.86. The van der Waals surface area contributed by atoms with E-state index in [1.165, 1.54) is 0 Å². The molecule has 3 rings (SSSR count). The van der Waals surface area contributed by atoms with E-state index in [1.54, 1.807) is 24.1 Å². The number of amides is 2. The Balaban J connectivity index is 1.48. The number of carbonyl (C=O) groups excluding carboxylic acids is 1. The van der Waals surface area contributed by atoms with E-state index in [-0.39, 0.29) is 12.1 Å². The van der Waals surface area contributed by atoms with Crippen LogP contribution in [0.1, 0.15) is 17.9 Å². The Labute approximate surface area is 139 Å². The number of hydrogen-bond acceptors (Lipinski definition) is 3. The number of carbonyl (C=O) groups is 1. The summed E-state index contributed by atoms with van der Waals surface area (Å²) in [6, 6.07) is 9.43. The Hall–Kier alpha value is -2.05. The van der Waals surface area contributed by atoms with Crippen molar-refractivity contribution in [2.75, 3.05) is 19.0 Å². The number of hydrogen-bond donors (Lipinski definition) is 2. The number of halogens is 1. The zero-order valence-electron chi connectivity index (χ0n) is 12.8. The van der Waals surface area contributed by atoms with Crippen LogP contribution in [0.4, 0.5) is 10.6 Å². The average molecular weight is 335 g/mol. The molecule has 2 unspecified atom stereocenters. The van der Waals surface area contributed by atoms with Gasteiger partial charge in [-0.2, -0.15) is 5.10 Å². The van der Waals surface area contributed by atoms with Gasteiger partial charge in [-0.3, -0.25) is 10.00 Å². The summed E-state index contributed by atoms with van der Waals surface area (Å²) >= 11 is 6.00. The van der Waals surface area contributed by atoms with Crippen molar-refractivity contribution >= 4 is 23.4 Å². The standard InChI is InChI=1S/C16H19ClN4O2/c1-23-8-7-21-6-5-15(20-21)19-16(22)18-14-10-13(14)11-3-2-4-12(17)9-11/h2-6,9,13-14H,7-8,10H2,1H3,(H2,18,19,20,22). The molecule has 0 aliphatic heterocycles. The lowest BCUT2D eigenvalue weighted by Crippen LogP contribution is -2.31. The monoisotopic (exact) mass is 334 g/mol. The number of methoxy groups -OCH3 is 1. The lowest BCUT2D eigenvalue weighted by molar-refractivity contribution is 0.183. The number of aromatic nitrogens is 2. The molecule has 2 atom stereocenters. The number of benzene rings is 1. The van der Waals surface area contributed by atoms with Gasteiger partial charge in [0.2, 0.25) is 0 Å². The second kappa shape index (κ2) is 7.02. The van der Waals surface area contributed by atoms with Gasteiger partial charge in [0, 0.05) is 36.4 Å². The molecular weight excluding hydrogens is 316 g/mol. The van der Waals surface area contributed by atoms with Gasteiger partial charge >= 0.3 is 6.03 Å². The molecule has 0 spiro atoms. The normalized spacial score (nSPS) is 19.4. The molecule has 1 heterocycles. The van der Waals surface area contributed by atoms with E-state index in [4.69, 9.17) is 16.3 Å². The molecule has 0 radical (unpaired) electrons. The van der Waals surface area contributed by atoms with Crippen molar-refractivity contribution in [3.8, 4) is 0 Å². The van der Waals surface area contributed by atoms with E-state index in [2.05, 4.69) is 15.7 Å². The fourth-order valence-corrected chi connectivity index (χ4v) is 2.72. The van der Waals surface area contributed by atoms with E-state index in [0.717, 1.165) is 17.0 Å². The fourth-order valence-electron chi connectivity index (χ4n) is 2.52. The van der Waals surface area contributed by atoms with E-state index in [9.17, 15) is 4.79 Å². The number of urea groups is 1. The first-order valence-corrected chi connectivity index (χ1v) is 7.89. The van der Waals surface area contributed by atoms with Crippen LogP contribution >= 0.6 is 11.6 Å². The van der Waals surface area contributed by atoms with Crippen LogP contribution in [-0.2, 0) is 11.3 Å². The molecule has 23 heavy (non-hydrogen) atoms. The van der Waals surface area contributed by atoms with Crippen molar-refractivity contribution in [2.45, 2.75) is 24.9 Å². The van der Waals surface area contributed by atoms with Crippen molar-refractivity contribution in [1.82, 2.24) is 15.1 Å². The zero-order chi connectivity index (χ0) is 16.2. The first-order valence-electron chi connectivity index (χ1n) is 7.51. The Kier molecular flexibility index (Phi) is 4.83. The van der Waals surface area contributed by atoms with Crippen molar-refractivity contribution in [3.05, 3.63) is 47.1 Å². The number of ether oxygens (including phenoxy) is 1. The largest absolute Gasteiger partial charge is 0.383 e. The lowest BCUT2D eigenvalue weighted by atomic mass is 10.1. The second-order valence-corrected chi connectivity index (χ2v) is 6.00. The maximum Gasteiger partial charge on any atom is 0.320 e. The van der Waals surface area contributed by atoms with E-state index in [1.807, 2.05) is 24.3 Å². The molecule has 1 aliphatic carbocycles. The summed E-state index contributed by atoms with van der Waals surface area (Å²) < 4.78 is 6.72. The van der Waals surface area contributed by atoms with Crippen LogP contribution < -0.4 is 10.6 Å². The fraction of sp³-hybridized carbons (Fsp3) is 0.375. The molecule has 1 aromatic carbocycles. The van der Waals surface area contributed by atoms with Gasteiger partial charge in [0.25, 0.3) is 0 Å². The van der Waals surface area contributed by atoms with E-state index >= 15 is 0 Å². The summed E-state index contributed by atoms with van der Waals surface area (Å²) in [5.74, 6) is 0.859. The molecule has 6 nitrogen and oxygen atoms in total. The molecule has 1 fully saturated rings. The summed E-state index contributed by atoms with van der Waals surface area (Å²) in [5.41, 5.74) is 1.16. The van der Waals surface area contributed by atoms with E-state index in [0.29, 0.717) is 24.9 Å². The van der Waals surface area contributed by atoms with Crippen molar-refractivity contribution in [3.63, 3.8) is 0 Å². The van der Waals surface area contributed by atoms with Crippen LogP contribution in [0.25, 0.3) is 0 Å². The Morgan fingerprint density at radius 2 is 2.35 bits per heavy atom. The molecule has 2 aromatic rings. The SMILES string of the molecule is COCCn1ccc(NC(=O)NC2CC2c2cccc(Cl)c2)n1. The lowest BCUT2D eigenvalue weighted by Gasteiger charge is -2.06. The minimum Gasteiger partial charge on any atom is -0.383 e. The molecule has 2 amide bonds. The third kappa shape index (κ3) is 4.24. The van der Waals surface area contributed by atoms with Gasteiger partial charge < -0.3 is 10.1 Å². The van der Waals surface area contributed by atoms with Crippen molar-refractivity contribution < 1.29 is 9.53 Å². The summed E-state index contributed by atoms with van der Waals surface area (Å²) in [6.07, 6.45) is 2.73. The molecule has 2 N–H and O–H groups in total. The molecule has 122 valence electrons. The topological polar surface area (TPSA) is 68.2 Å². The highest BCUT2D eigenvalue weighted by Crippen LogP contribution is 2.41. The van der Waals surface area contributed by atoms with Gasteiger partial charge in [-0.1, -0.05) is 23.7 Å². The maximum atomic E-state index is 12.0. The van der Waals surface area contributed by atoms with Crippen LogP contribution in [0.2, 0.25) is 5.02 Å². The van der Waals surface area contributed by atoms with Crippen molar-refractivity contribution in [1.29, 1.82) is 0 Å². The number of anilines is 1. The first-order chi connectivity index (χ1) is 11.2. The third-order valence-corrected chi connectivity index (χ3v) is 4.03. The zero-order valence-corrected chi connectivity index (χ0v) is 13.6. The number of nitrogens with one attached hydrogen (secondary N) is 2. The molecule has 1 aliphatic rings. The van der Waals surface area contributed by atoms with Gasteiger partial charge in [0.05, 0.1) is 13.2 Å². The second-order valence-electron chi connectivity index (χ2n) is 5.56. The van der Waals surface area contributed by atoms with Crippen LogP contribution in [0.3, 0.4) is 0 Å². The predicted molar refractivity (Wildman–Crippen MR) is 88.9 cm³/mol. The van der Waals surface area contributed by atoms with Crippen LogP contribution in [-0.4, -0.2) is 35.6 Å². The average Bonchev–Trinajstić information content (AvgIpc) is 3.14. The molecular formula is C16H19ClN4O2. The molecule has 1 saturated carbocycles. The molecule has 0 bridgehead atoms. The van der Waals surface area contributed by atoms with Gasteiger partial charge in [-0.15, -0.1) is 0 Å². The Morgan fingerprint density at radius 1 is 1.48 bits per heavy atom. The smallest absolute Gasteiger partial charge is 0.320 e. The van der Waals surface area contributed by atoms with E-state index < -0.39 is 0 Å². The van der Waals surface area contributed by atoms with Crippen LogP contribution in [0.15, 0.2) is 36.5 Å². The first kappa shape index (κ1) is 15.8. The highest BCUT2D eigenvalue weighted by Gasteiger charge is 2.39. The highest BCUT2D eigenvalue weighted by molar-refractivity contribution is 6.30. The molecule has 7 heteroatoms. The minimum atomic E-state index is -0.239.